The molecule has 5 nitrogen and oxygen atoms in total. The fraction of sp³-hybridized carbons (Fsp3) is 0.852. The molecule has 1 saturated carbocycles. The van der Waals surface area contributed by atoms with E-state index < -0.39 is 5.54 Å². The molecule has 1 amide bonds. The SMILES string of the molecule is CCCCC(=O)NC(CCC(C)=O)(CCC(C)=O)CCC(=O)C1CCCCCCCCC1. The molecule has 1 aliphatic carbocycles. The van der Waals surface area contributed by atoms with Crippen molar-refractivity contribution in [2.24, 2.45) is 5.92 Å². The molecule has 5 heteroatoms. The normalized spacial score (nSPS) is 16.3. The third kappa shape index (κ3) is 12.5. The van der Waals surface area contributed by atoms with Crippen molar-refractivity contribution in [2.75, 3.05) is 0 Å². The predicted molar refractivity (Wildman–Crippen MR) is 130 cm³/mol. The quantitative estimate of drug-likeness (QED) is 0.339. The summed E-state index contributed by atoms with van der Waals surface area (Å²) in [6, 6.07) is 0. The van der Waals surface area contributed by atoms with Crippen LogP contribution in [0.3, 0.4) is 0 Å². The van der Waals surface area contributed by atoms with Crippen molar-refractivity contribution in [3.05, 3.63) is 0 Å². The number of hydrogen-bond acceptors (Lipinski definition) is 4. The topological polar surface area (TPSA) is 80.3 Å². The molecule has 1 rings (SSSR count). The molecule has 0 saturated heterocycles. The van der Waals surface area contributed by atoms with E-state index in [1.54, 1.807) is 13.8 Å². The number of Topliss-reactive ketones (excluding diaryl/α,β-unsaturated/α-hetero) is 3. The second-order valence-electron chi connectivity index (χ2n) is 10.1. The van der Waals surface area contributed by atoms with Gasteiger partial charge in [0.15, 0.2) is 0 Å². The largest absolute Gasteiger partial charge is 0.351 e. The molecule has 0 aromatic carbocycles. The van der Waals surface area contributed by atoms with Crippen LogP contribution < -0.4 is 5.32 Å². The van der Waals surface area contributed by atoms with Gasteiger partial charge in [0.25, 0.3) is 0 Å². The Labute approximate surface area is 195 Å². The number of amides is 1. The molecule has 0 atom stereocenters. The van der Waals surface area contributed by atoms with Gasteiger partial charge in [-0.05, 0) is 52.4 Å². The van der Waals surface area contributed by atoms with E-state index >= 15 is 0 Å². The third-order valence-electron chi connectivity index (χ3n) is 6.98. The summed E-state index contributed by atoms with van der Waals surface area (Å²) in [5.41, 5.74) is -0.659. The van der Waals surface area contributed by atoms with Crippen molar-refractivity contribution in [3.63, 3.8) is 0 Å². The van der Waals surface area contributed by atoms with Gasteiger partial charge in [-0.1, -0.05) is 58.3 Å². The number of rotatable bonds is 14. The Balaban J connectivity index is 2.90. The highest BCUT2D eigenvalue weighted by molar-refractivity contribution is 5.82. The summed E-state index contributed by atoms with van der Waals surface area (Å²) >= 11 is 0. The molecular formula is C27H47NO4. The first-order chi connectivity index (χ1) is 15.3. The van der Waals surface area contributed by atoms with Crippen molar-refractivity contribution in [1.82, 2.24) is 5.32 Å². The van der Waals surface area contributed by atoms with E-state index in [1.165, 1.54) is 32.1 Å². The second kappa shape index (κ2) is 16.1. The van der Waals surface area contributed by atoms with Gasteiger partial charge < -0.3 is 14.9 Å². The van der Waals surface area contributed by atoms with Gasteiger partial charge in [0.05, 0.1) is 0 Å². The predicted octanol–water partition coefficient (Wildman–Crippen LogP) is 6.26. The van der Waals surface area contributed by atoms with Crippen molar-refractivity contribution in [2.45, 2.75) is 142 Å². The first-order valence-electron chi connectivity index (χ1n) is 13.1. The van der Waals surface area contributed by atoms with Crippen LogP contribution >= 0.6 is 0 Å². The van der Waals surface area contributed by atoms with Crippen molar-refractivity contribution in [3.8, 4) is 0 Å². The van der Waals surface area contributed by atoms with Crippen LogP contribution in [0.1, 0.15) is 136 Å². The van der Waals surface area contributed by atoms with Gasteiger partial charge >= 0.3 is 0 Å². The average Bonchev–Trinajstić information content (AvgIpc) is 2.76. The summed E-state index contributed by atoms with van der Waals surface area (Å²) in [4.78, 5) is 49.4. The Hall–Kier alpha value is -1.52. The zero-order chi connectivity index (χ0) is 23.8. The zero-order valence-electron chi connectivity index (χ0n) is 20.9. The maximum atomic E-state index is 13.2. The fourth-order valence-corrected chi connectivity index (χ4v) is 4.79. The summed E-state index contributed by atoms with van der Waals surface area (Å²) < 4.78 is 0. The maximum Gasteiger partial charge on any atom is 0.220 e. The standard InChI is InChI=1S/C27H47NO4/c1-4-5-15-26(32)28-27(19-16-22(2)29,20-17-23(3)30)21-18-25(31)24-13-11-9-7-6-8-10-12-14-24/h24H,4-21H2,1-3H3,(H,28,32). The maximum absolute atomic E-state index is 13.2. The summed E-state index contributed by atoms with van der Waals surface area (Å²) in [5, 5.41) is 3.18. The zero-order valence-corrected chi connectivity index (χ0v) is 20.9. The molecule has 0 unspecified atom stereocenters. The van der Waals surface area contributed by atoms with Crippen LogP contribution in [-0.4, -0.2) is 28.8 Å². The second-order valence-corrected chi connectivity index (χ2v) is 10.1. The number of nitrogens with one attached hydrogen (secondary N) is 1. The minimum atomic E-state index is -0.659. The van der Waals surface area contributed by atoms with Crippen LogP contribution in [-0.2, 0) is 19.2 Å². The fourth-order valence-electron chi connectivity index (χ4n) is 4.79. The molecule has 184 valence electrons. The molecule has 1 fully saturated rings. The lowest BCUT2D eigenvalue weighted by atomic mass is 9.79. The molecule has 0 aromatic heterocycles. The van der Waals surface area contributed by atoms with Crippen LogP contribution in [0.4, 0.5) is 0 Å². The summed E-state index contributed by atoms with van der Waals surface area (Å²) in [5.74, 6) is 0.507. The van der Waals surface area contributed by atoms with E-state index in [1.807, 2.05) is 6.92 Å². The van der Waals surface area contributed by atoms with Crippen LogP contribution in [0.5, 0.6) is 0 Å². The molecule has 1 aliphatic rings. The Morgan fingerprint density at radius 3 is 1.66 bits per heavy atom. The third-order valence-corrected chi connectivity index (χ3v) is 6.98. The lowest BCUT2D eigenvalue weighted by Crippen LogP contribution is -2.49. The first-order valence-corrected chi connectivity index (χ1v) is 13.1. The first kappa shape index (κ1) is 28.5. The van der Waals surface area contributed by atoms with Crippen LogP contribution in [0.25, 0.3) is 0 Å². The number of carbonyl (C=O) groups is 4. The highest BCUT2D eigenvalue weighted by Gasteiger charge is 2.33. The molecule has 0 aliphatic heterocycles. The summed E-state index contributed by atoms with van der Waals surface area (Å²) in [6.45, 7) is 5.16. The van der Waals surface area contributed by atoms with Gasteiger partial charge in [-0.25, -0.2) is 0 Å². The lowest BCUT2D eigenvalue weighted by molar-refractivity contribution is -0.127. The van der Waals surface area contributed by atoms with Gasteiger partial charge in [0.1, 0.15) is 17.3 Å². The molecule has 0 radical (unpaired) electrons. The van der Waals surface area contributed by atoms with Gasteiger partial charge in [-0.2, -0.15) is 0 Å². The summed E-state index contributed by atoms with van der Waals surface area (Å²) in [6.07, 6.45) is 15.2. The minimum Gasteiger partial charge on any atom is -0.351 e. The minimum absolute atomic E-state index is 0.0369. The van der Waals surface area contributed by atoms with Gasteiger partial charge in [0.2, 0.25) is 5.91 Å². The Bertz CT molecular complexity index is 570. The van der Waals surface area contributed by atoms with Gasteiger partial charge in [-0.3, -0.25) is 9.59 Å². The highest BCUT2D eigenvalue weighted by atomic mass is 16.2. The van der Waals surface area contributed by atoms with E-state index in [-0.39, 0.29) is 23.4 Å². The van der Waals surface area contributed by atoms with E-state index in [4.69, 9.17) is 0 Å². The molecular weight excluding hydrogens is 402 g/mol. The van der Waals surface area contributed by atoms with Gasteiger partial charge in [0, 0.05) is 37.1 Å². The molecule has 0 heterocycles. The van der Waals surface area contributed by atoms with Crippen molar-refractivity contribution >= 4 is 23.3 Å². The molecule has 0 bridgehead atoms. The van der Waals surface area contributed by atoms with E-state index in [0.717, 1.165) is 38.5 Å². The van der Waals surface area contributed by atoms with Crippen LogP contribution in [0, 0.1) is 5.92 Å². The van der Waals surface area contributed by atoms with Crippen LogP contribution in [0.2, 0.25) is 0 Å². The number of hydrogen-bond donors (Lipinski definition) is 1. The molecule has 1 N–H and O–H groups in total. The molecule has 0 aromatic rings. The van der Waals surface area contributed by atoms with E-state index in [9.17, 15) is 19.2 Å². The number of ketones is 3. The Morgan fingerprint density at radius 1 is 0.719 bits per heavy atom. The van der Waals surface area contributed by atoms with Gasteiger partial charge in [-0.15, -0.1) is 0 Å². The Kier molecular flexibility index (Phi) is 14.4. The monoisotopic (exact) mass is 449 g/mol. The average molecular weight is 450 g/mol. The number of carbonyl (C=O) groups excluding carboxylic acids is 4. The van der Waals surface area contributed by atoms with Crippen LogP contribution in [0.15, 0.2) is 0 Å². The highest BCUT2D eigenvalue weighted by Crippen LogP contribution is 2.30. The van der Waals surface area contributed by atoms with E-state index in [2.05, 4.69) is 5.32 Å². The van der Waals surface area contributed by atoms with Crippen molar-refractivity contribution in [1.29, 1.82) is 0 Å². The van der Waals surface area contributed by atoms with E-state index in [0.29, 0.717) is 50.7 Å². The number of unbranched alkanes of at least 4 members (excludes halogenated alkanes) is 1. The summed E-state index contributed by atoms with van der Waals surface area (Å²) in [7, 11) is 0. The lowest BCUT2D eigenvalue weighted by Gasteiger charge is -2.35. The smallest absolute Gasteiger partial charge is 0.220 e. The van der Waals surface area contributed by atoms with Crippen molar-refractivity contribution < 1.29 is 19.2 Å². The molecule has 32 heavy (non-hydrogen) atoms. The Morgan fingerprint density at radius 2 is 1.19 bits per heavy atom. The molecule has 0 spiro atoms.